The summed E-state index contributed by atoms with van der Waals surface area (Å²) < 4.78 is 39.8. The summed E-state index contributed by atoms with van der Waals surface area (Å²) in [6.45, 7) is 30.2. The molecular weight excluding hydrogens is 1620 g/mol. The molecule has 30 heteroatoms. The maximum absolute atomic E-state index is 13.1. The quantitative estimate of drug-likeness (QED) is 0.0729. The number of thiazole rings is 5. The highest BCUT2D eigenvalue weighted by Crippen LogP contribution is 2.41. The van der Waals surface area contributed by atoms with Gasteiger partial charge in [0.05, 0.1) is 125 Å². The molecule has 0 radical (unpaired) electrons. The van der Waals surface area contributed by atoms with E-state index >= 15 is 0 Å². The second-order valence-electron chi connectivity index (χ2n) is 34.4. The minimum Gasteiger partial charge on any atom is -0.474 e. The number of nitrogens with one attached hydrogen (secondary N) is 4. The molecule has 0 spiro atoms. The van der Waals surface area contributed by atoms with Gasteiger partial charge in [-0.15, -0.1) is 56.7 Å². The summed E-state index contributed by atoms with van der Waals surface area (Å²) in [7, 11) is 0. The molecule has 5 amide bonds. The van der Waals surface area contributed by atoms with E-state index in [9.17, 15) is 28.8 Å². The Morgan fingerprint density at radius 3 is 1.10 bits per heavy atom. The number of carbonyl (C=O) groups excluding carboxylic acids is 5. The molecule has 5 saturated heterocycles. The van der Waals surface area contributed by atoms with Crippen LogP contribution in [-0.2, 0) is 28.7 Å². The number of rotatable bonds is 7. The van der Waals surface area contributed by atoms with E-state index < -0.39 is 34.9 Å². The minimum atomic E-state index is -1.54. The van der Waals surface area contributed by atoms with Crippen LogP contribution in [0.1, 0.15) is 214 Å². The molecule has 0 bridgehead atoms. The molecule has 7 aromatic heterocycles. The predicted octanol–water partition coefficient (Wildman–Crippen LogP) is 20.2. The zero-order chi connectivity index (χ0) is 89.0. The van der Waals surface area contributed by atoms with Gasteiger partial charge in [0.2, 0.25) is 0 Å². The lowest BCUT2D eigenvalue weighted by Crippen LogP contribution is -2.46. The molecule has 9 N–H and O–H groups in total. The second kappa shape index (κ2) is 40.6. The topological polar surface area (TPSA) is 341 Å². The van der Waals surface area contributed by atoms with E-state index in [1.54, 1.807) is 53.6 Å². The summed E-state index contributed by atoms with van der Waals surface area (Å²) in [6, 6.07) is 35.4. The van der Waals surface area contributed by atoms with Crippen LogP contribution in [-0.4, -0.2) is 134 Å². The maximum Gasteiger partial charge on any atom is 0.410 e. The number of pyridine rings is 2. The zero-order valence-corrected chi connectivity index (χ0v) is 75.0. The molecule has 5 aliphatic rings. The van der Waals surface area contributed by atoms with Gasteiger partial charge in [0, 0.05) is 31.7 Å². The number of carboxylic acids is 1. The number of nitrogens with zero attached hydrogens (tertiary/aromatic N) is 10. The van der Waals surface area contributed by atoms with Gasteiger partial charge in [0.15, 0.2) is 0 Å². The highest BCUT2D eigenvalue weighted by Gasteiger charge is 2.38. The third kappa shape index (κ3) is 24.6. The molecule has 0 aliphatic carbocycles. The Bertz CT molecular complexity index is 5750. The fourth-order valence-electron chi connectivity index (χ4n) is 15.4. The Balaban J connectivity index is 0.000000138. The Hall–Kier alpha value is -10.2. The van der Waals surface area contributed by atoms with Crippen LogP contribution in [0.15, 0.2) is 143 Å². The number of ether oxygens (including phenoxy) is 2. The minimum absolute atomic E-state index is 0.0105. The lowest BCUT2D eigenvalue weighted by molar-refractivity contribution is -0.147. The Morgan fingerprint density at radius 2 is 0.752 bits per heavy atom. The molecule has 25 nitrogen and oxygen atoms in total. The van der Waals surface area contributed by atoms with E-state index in [0.29, 0.717) is 82.5 Å². The van der Waals surface area contributed by atoms with Crippen LogP contribution < -0.4 is 32.7 Å². The zero-order valence-electron chi connectivity index (χ0n) is 73.9. The van der Waals surface area contributed by atoms with Crippen molar-refractivity contribution in [3.63, 3.8) is 0 Å². The number of carboxylic acid groups (broad SMARTS) is 1. The first-order chi connectivity index (χ1) is 58.9. The number of aromatic nitrogens is 7. The van der Waals surface area contributed by atoms with Gasteiger partial charge in [0.1, 0.15) is 22.8 Å². The van der Waals surface area contributed by atoms with Crippen LogP contribution in [0, 0.1) is 43.4 Å². The van der Waals surface area contributed by atoms with Gasteiger partial charge in [-0.05, 0) is 274 Å². The number of nitrogen functional groups attached to an aromatic ring is 2. The van der Waals surface area contributed by atoms with Crippen molar-refractivity contribution in [3.05, 3.63) is 182 Å². The number of amides is 5. The number of aryl methyl sites for hydroxylation is 2. The van der Waals surface area contributed by atoms with E-state index in [-0.39, 0.29) is 35.8 Å². The summed E-state index contributed by atoms with van der Waals surface area (Å²) in [5.41, 5.74) is 27.7. The highest BCUT2D eigenvalue weighted by atomic mass is 32.1. The number of likely N-dealkylation sites (tertiary alicyclic amines) is 3. The molecule has 0 unspecified atom stereocenters. The van der Waals surface area contributed by atoms with Crippen molar-refractivity contribution in [2.24, 2.45) is 29.6 Å². The van der Waals surface area contributed by atoms with E-state index in [0.717, 1.165) is 134 Å². The van der Waals surface area contributed by atoms with Gasteiger partial charge in [0.25, 0.3) is 0 Å². The number of carbonyl (C=O) groups is 6. The van der Waals surface area contributed by atoms with Gasteiger partial charge < -0.3 is 62.0 Å². The van der Waals surface area contributed by atoms with Crippen molar-refractivity contribution in [1.29, 1.82) is 0 Å². The normalized spacial score (nSPS) is 21.5. The molecule has 17 rings (SSSR count). The van der Waals surface area contributed by atoms with Gasteiger partial charge in [-0.25, -0.2) is 49.3 Å². The molecule has 10 atom stereocenters. The molecule has 12 aromatic rings. The van der Waals surface area contributed by atoms with Crippen molar-refractivity contribution in [1.82, 2.24) is 60.2 Å². The SMILES string of the molecule is C[C@H]1CC[C@H](c2ccc3scnc3c2)N(C(=O)OC(C)(C)C)C1.C[C@H]1CC[C@H](c2ccc3scnc3c2)NC1.Cc1cc(NC(=O)C(=O)O)cnc1N.[2H]c1nc2cc([C@H]3CC[C@H](C)CN3)ccc2s1.[2H]c1nc2cc([C@H]3CC[C@H](C)CN3C(=O)C(=O)Nc3cnc(N)c(C)c3)ccc2s1.[2H]c1nc2cc([C@H]3CC[C@H](C)CN3C(=O)OC(C)(C)C)ccc2s1. The van der Waals surface area contributed by atoms with Gasteiger partial charge >= 0.3 is 35.9 Å². The fraction of sp³-hybridized carbons (Fsp3) is 0.440. The van der Waals surface area contributed by atoms with Crippen molar-refractivity contribution in [2.75, 3.05) is 54.8 Å². The molecule has 121 heavy (non-hydrogen) atoms. The van der Waals surface area contributed by atoms with Gasteiger partial charge in [-0.3, -0.25) is 14.4 Å². The van der Waals surface area contributed by atoms with Crippen LogP contribution in [0.25, 0.3) is 51.1 Å². The summed E-state index contributed by atoms with van der Waals surface area (Å²) >= 11 is 7.49. The molecule has 0 saturated carbocycles. The van der Waals surface area contributed by atoms with Crippen molar-refractivity contribution >= 4 is 167 Å². The van der Waals surface area contributed by atoms with Gasteiger partial charge in [-0.1, -0.05) is 65.0 Å². The number of nitrogens with two attached hydrogens (primary N) is 2. The average molecular weight is 1740 g/mol. The van der Waals surface area contributed by atoms with E-state index in [2.05, 4.69) is 151 Å². The number of hydrogen-bond acceptors (Lipinski definition) is 24. The van der Waals surface area contributed by atoms with E-state index in [4.69, 9.17) is 30.2 Å². The van der Waals surface area contributed by atoms with Crippen LogP contribution in [0.5, 0.6) is 0 Å². The standard InChI is InChI=1S/C21H23N5O2S.2C18H24N2O2S.2C13H16N2S.C8H9N3O3/c1-12-3-5-17(14-4-6-18-16(8-14)24-11-29-18)26(10-12)21(28)20(27)25-15-7-13(2)19(22)23-9-15;2*1-12-5-7-15(20(10-12)17(21)22-18(2,3)4)13-6-8-16-14(9-13)19-11-23-16;2*1-9-2-4-11(14-7-9)10-3-5-13-12(6-10)15-8-16-13;1-4-2-5(3-10-6(4)9)11-7(12)8(13)14/h4,6-9,11-12,17H,3,5,10H2,1-2H3,(H2,22,23)(H,25,27);2*6,8-9,11-12,15H,5,7,10H2,1-4H3;2*3,5-6,8-9,11,14H,2,4,7H2,1H3;2-3H,1H3,(H2,9,10)(H,11,12)(H,13,14)/t12-,17+;2*12-,15+;2*9-,11+;/m00000./s1/i2*11D;;8D;;. The van der Waals surface area contributed by atoms with Crippen molar-refractivity contribution in [2.45, 2.75) is 196 Å². The first-order valence-corrected chi connectivity index (χ1v) is 45.5. The van der Waals surface area contributed by atoms with Crippen LogP contribution >= 0.6 is 56.7 Å². The number of fused-ring (bicyclic) bond motifs is 5. The molecular formula is C91H112N16O9S5. The smallest absolute Gasteiger partial charge is 0.410 e. The number of hydrogen-bond donors (Lipinski definition) is 7. The summed E-state index contributed by atoms with van der Waals surface area (Å²) in [5, 5.41) is 20.3. The van der Waals surface area contributed by atoms with E-state index in [1.165, 1.54) is 92.6 Å². The third-order valence-corrected chi connectivity index (χ3v) is 25.9. The lowest BCUT2D eigenvalue weighted by atomic mass is 9.89. The Labute approximate surface area is 731 Å². The Kier molecular flexibility index (Phi) is 28.8. The molecule has 640 valence electrons. The second-order valence-corrected chi connectivity index (χ2v) is 38.7. The number of anilines is 4. The van der Waals surface area contributed by atoms with Crippen LogP contribution in [0.3, 0.4) is 0 Å². The maximum atomic E-state index is 13.1. The first kappa shape index (κ1) is 85.8. The largest absolute Gasteiger partial charge is 0.474 e. The van der Waals surface area contributed by atoms with Crippen molar-refractivity contribution < 1.29 is 47.5 Å². The lowest BCUT2D eigenvalue weighted by Gasteiger charge is -2.39. The number of benzene rings is 5. The van der Waals surface area contributed by atoms with Crippen molar-refractivity contribution in [3.8, 4) is 0 Å². The monoisotopic (exact) mass is 1740 g/mol. The summed E-state index contributed by atoms with van der Waals surface area (Å²) in [6.07, 6.45) is 13.2. The Morgan fingerprint density at radius 1 is 0.430 bits per heavy atom. The van der Waals surface area contributed by atoms with Gasteiger partial charge in [-0.2, -0.15) is 0 Å². The van der Waals surface area contributed by atoms with E-state index in [1.807, 2.05) is 92.7 Å². The molecule has 5 aliphatic heterocycles. The summed E-state index contributed by atoms with van der Waals surface area (Å²) in [5.74, 6) is -0.289. The molecule has 12 heterocycles. The van der Waals surface area contributed by atoms with Crippen LogP contribution in [0.4, 0.5) is 32.6 Å². The highest BCUT2D eigenvalue weighted by molar-refractivity contribution is 7.18. The molecule has 5 aromatic carbocycles. The fourth-order valence-corrected chi connectivity index (χ4v) is 18.5. The predicted molar refractivity (Wildman–Crippen MR) is 489 cm³/mol. The molecule has 5 fully saturated rings. The van der Waals surface area contributed by atoms with Crippen LogP contribution in [0.2, 0.25) is 0 Å². The average Bonchev–Trinajstić information content (AvgIpc) is 1.40. The first-order valence-electron chi connectivity index (χ1n) is 42.8. The number of piperidine rings is 5. The number of aliphatic carboxylic acids is 1. The third-order valence-electron chi connectivity index (χ3n) is 22.0. The summed E-state index contributed by atoms with van der Waals surface area (Å²) in [4.78, 5) is 107.